The first kappa shape index (κ1) is 18.0. The van der Waals surface area contributed by atoms with Crippen LogP contribution in [-0.2, 0) is 9.47 Å². The van der Waals surface area contributed by atoms with Crippen LogP contribution in [0.15, 0.2) is 24.3 Å². The zero-order valence-electron chi connectivity index (χ0n) is 13.7. The van der Waals surface area contributed by atoms with Crippen LogP contribution in [0.5, 0.6) is 0 Å². The van der Waals surface area contributed by atoms with Crippen molar-refractivity contribution in [3.63, 3.8) is 0 Å². The summed E-state index contributed by atoms with van der Waals surface area (Å²) in [6.07, 6.45) is 0.956. The largest absolute Gasteiger partial charge is 0.380 e. The molecule has 21 heavy (non-hydrogen) atoms. The molecule has 120 valence electrons. The molecule has 0 aliphatic rings. The molecule has 0 saturated heterocycles. The van der Waals surface area contributed by atoms with E-state index < -0.39 is 0 Å². The maximum atomic E-state index is 6.06. The maximum absolute atomic E-state index is 6.06. The fourth-order valence-electron chi connectivity index (χ4n) is 2.18. The molecule has 0 radical (unpaired) electrons. The van der Waals surface area contributed by atoms with Crippen LogP contribution in [0.3, 0.4) is 0 Å². The zero-order valence-corrected chi connectivity index (χ0v) is 13.7. The molecule has 0 heterocycles. The summed E-state index contributed by atoms with van der Waals surface area (Å²) in [5.74, 6) is 0. The van der Waals surface area contributed by atoms with Crippen molar-refractivity contribution in [2.24, 2.45) is 5.73 Å². The van der Waals surface area contributed by atoms with Crippen molar-refractivity contribution in [3.05, 3.63) is 29.8 Å². The lowest BCUT2D eigenvalue weighted by atomic mass is 10.1. The summed E-state index contributed by atoms with van der Waals surface area (Å²) in [6.45, 7) is 10.9. The predicted molar refractivity (Wildman–Crippen MR) is 88.9 cm³/mol. The molecule has 1 atom stereocenters. The molecule has 0 aliphatic heterocycles. The second kappa shape index (κ2) is 10.6. The van der Waals surface area contributed by atoms with E-state index >= 15 is 0 Å². The van der Waals surface area contributed by atoms with Gasteiger partial charge >= 0.3 is 0 Å². The molecule has 0 bridgehead atoms. The fourth-order valence-corrected chi connectivity index (χ4v) is 2.18. The Morgan fingerprint density at radius 1 is 0.952 bits per heavy atom. The fraction of sp³-hybridized carbons (Fsp3) is 0.647. The molecule has 1 aromatic carbocycles. The van der Waals surface area contributed by atoms with Crippen molar-refractivity contribution in [3.8, 4) is 0 Å². The van der Waals surface area contributed by atoms with E-state index in [4.69, 9.17) is 15.2 Å². The van der Waals surface area contributed by atoms with Gasteiger partial charge in [-0.15, -0.1) is 0 Å². The topological polar surface area (TPSA) is 47.7 Å². The lowest BCUT2D eigenvalue weighted by Gasteiger charge is -2.25. The molecule has 0 aromatic heterocycles. The molecule has 0 aliphatic carbocycles. The van der Waals surface area contributed by atoms with E-state index in [1.807, 2.05) is 13.8 Å². The second-order valence-corrected chi connectivity index (χ2v) is 4.99. The Labute approximate surface area is 129 Å². The van der Waals surface area contributed by atoms with Crippen LogP contribution in [0, 0.1) is 0 Å². The summed E-state index contributed by atoms with van der Waals surface area (Å²) in [5.41, 5.74) is 8.45. The minimum absolute atomic E-state index is 0.124. The van der Waals surface area contributed by atoms with E-state index in [1.165, 1.54) is 11.3 Å². The van der Waals surface area contributed by atoms with E-state index in [0.717, 1.165) is 45.9 Å². The van der Waals surface area contributed by atoms with Gasteiger partial charge in [0.15, 0.2) is 0 Å². The van der Waals surface area contributed by atoms with Gasteiger partial charge in [-0.2, -0.15) is 0 Å². The maximum Gasteiger partial charge on any atom is 0.0641 e. The molecular weight excluding hydrogens is 264 g/mol. The molecule has 1 aromatic rings. The van der Waals surface area contributed by atoms with Crippen LogP contribution in [0.2, 0.25) is 0 Å². The summed E-state index contributed by atoms with van der Waals surface area (Å²) in [4.78, 5) is 2.30. The van der Waals surface area contributed by atoms with Crippen LogP contribution >= 0.6 is 0 Å². The average molecular weight is 294 g/mol. The Morgan fingerprint density at radius 2 is 1.48 bits per heavy atom. The van der Waals surface area contributed by atoms with Crippen molar-refractivity contribution in [1.82, 2.24) is 0 Å². The van der Waals surface area contributed by atoms with E-state index in [1.54, 1.807) is 0 Å². The van der Waals surface area contributed by atoms with Crippen LogP contribution < -0.4 is 10.6 Å². The van der Waals surface area contributed by atoms with Crippen molar-refractivity contribution in [2.75, 3.05) is 44.4 Å². The Balaban J connectivity index is 2.66. The van der Waals surface area contributed by atoms with Crippen molar-refractivity contribution in [2.45, 2.75) is 33.2 Å². The number of hydrogen-bond acceptors (Lipinski definition) is 4. The van der Waals surface area contributed by atoms with Crippen molar-refractivity contribution >= 4 is 5.69 Å². The van der Waals surface area contributed by atoms with E-state index in [0.29, 0.717) is 0 Å². The van der Waals surface area contributed by atoms with Gasteiger partial charge in [-0.25, -0.2) is 0 Å². The molecule has 4 heteroatoms. The smallest absolute Gasteiger partial charge is 0.0641 e. The number of rotatable bonds is 11. The third-order valence-electron chi connectivity index (χ3n) is 3.55. The summed E-state index contributed by atoms with van der Waals surface area (Å²) >= 11 is 0. The molecule has 1 rings (SSSR count). The first-order valence-electron chi connectivity index (χ1n) is 7.98. The standard InChI is InChI=1S/C17H30N2O2/c1-4-17(18)15-7-9-16(10-8-15)19(11-13-20-5-2)12-14-21-6-3/h7-10,17H,4-6,11-14,18H2,1-3H3/t17-/m0/s1. The highest BCUT2D eigenvalue weighted by Crippen LogP contribution is 2.19. The Bertz CT molecular complexity index is 358. The highest BCUT2D eigenvalue weighted by atomic mass is 16.5. The number of nitrogens with two attached hydrogens (primary N) is 1. The van der Waals surface area contributed by atoms with Gasteiger partial charge in [-0.3, -0.25) is 0 Å². The molecule has 0 amide bonds. The summed E-state index contributed by atoms with van der Waals surface area (Å²) in [7, 11) is 0. The minimum Gasteiger partial charge on any atom is -0.380 e. The number of anilines is 1. The van der Waals surface area contributed by atoms with Crippen LogP contribution in [0.1, 0.15) is 38.8 Å². The summed E-state index contributed by atoms with van der Waals surface area (Å²) < 4.78 is 10.9. The normalized spacial score (nSPS) is 12.4. The number of nitrogens with zero attached hydrogens (tertiary/aromatic N) is 1. The van der Waals surface area contributed by atoms with Gasteiger partial charge < -0.3 is 20.1 Å². The number of ether oxygens (including phenoxy) is 2. The summed E-state index contributed by atoms with van der Waals surface area (Å²) in [5, 5.41) is 0. The van der Waals surface area contributed by atoms with Crippen molar-refractivity contribution in [1.29, 1.82) is 0 Å². The Kier molecular flexibility index (Phi) is 9.06. The lowest BCUT2D eigenvalue weighted by Crippen LogP contribution is -2.31. The number of benzene rings is 1. The Hall–Kier alpha value is -1.10. The SMILES string of the molecule is CCOCCN(CCOCC)c1ccc([C@@H](N)CC)cc1. The molecule has 0 fully saturated rings. The van der Waals surface area contributed by atoms with E-state index in [2.05, 4.69) is 36.1 Å². The van der Waals surface area contributed by atoms with Gasteiger partial charge in [0, 0.05) is 38.0 Å². The van der Waals surface area contributed by atoms with Crippen LogP contribution in [0.25, 0.3) is 0 Å². The minimum atomic E-state index is 0.124. The van der Waals surface area contributed by atoms with E-state index in [-0.39, 0.29) is 6.04 Å². The quantitative estimate of drug-likeness (QED) is 0.637. The first-order chi connectivity index (χ1) is 10.2. The molecule has 0 unspecified atom stereocenters. The van der Waals surface area contributed by atoms with Gasteiger partial charge in [0.25, 0.3) is 0 Å². The lowest BCUT2D eigenvalue weighted by molar-refractivity contribution is 0.141. The first-order valence-corrected chi connectivity index (χ1v) is 7.98. The van der Waals surface area contributed by atoms with Gasteiger partial charge in [-0.05, 0) is 38.0 Å². The third-order valence-corrected chi connectivity index (χ3v) is 3.55. The highest BCUT2D eigenvalue weighted by molar-refractivity contribution is 5.48. The van der Waals surface area contributed by atoms with E-state index in [9.17, 15) is 0 Å². The monoisotopic (exact) mass is 294 g/mol. The predicted octanol–water partition coefficient (Wildman–Crippen LogP) is 2.98. The molecular formula is C17H30N2O2. The molecule has 4 nitrogen and oxygen atoms in total. The van der Waals surface area contributed by atoms with Crippen LogP contribution in [0.4, 0.5) is 5.69 Å². The molecule has 2 N–H and O–H groups in total. The van der Waals surface area contributed by atoms with Crippen LogP contribution in [-0.4, -0.2) is 39.5 Å². The van der Waals surface area contributed by atoms with Gasteiger partial charge in [0.1, 0.15) is 0 Å². The third kappa shape index (κ3) is 6.46. The highest BCUT2D eigenvalue weighted by Gasteiger charge is 2.08. The van der Waals surface area contributed by atoms with Gasteiger partial charge in [-0.1, -0.05) is 19.1 Å². The number of hydrogen-bond donors (Lipinski definition) is 1. The molecule has 0 spiro atoms. The van der Waals surface area contributed by atoms with Gasteiger partial charge in [0.05, 0.1) is 13.2 Å². The molecule has 0 saturated carbocycles. The summed E-state index contributed by atoms with van der Waals surface area (Å²) in [6, 6.07) is 8.65. The Morgan fingerprint density at radius 3 is 1.90 bits per heavy atom. The van der Waals surface area contributed by atoms with Gasteiger partial charge in [0.2, 0.25) is 0 Å². The average Bonchev–Trinajstić information content (AvgIpc) is 2.53. The second-order valence-electron chi connectivity index (χ2n) is 4.99. The van der Waals surface area contributed by atoms with Crippen molar-refractivity contribution < 1.29 is 9.47 Å². The zero-order chi connectivity index (χ0) is 15.5.